The second-order valence-electron chi connectivity index (χ2n) is 3.70. The minimum atomic E-state index is -0.194. The molecule has 0 radical (unpaired) electrons. The van der Waals surface area contributed by atoms with Crippen LogP contribution in [0.25, 0.3) is 0 Å². The van der Waals surface area contributed by atoms with Gasteiger partial charge in [-0.2, -0.15) is 0 Å². The highest BCUT2D eigenvalue weighted by Crippen LogP contribution is 2.12. The molecule has 0 unspecified atom stereocenters. The average Bonchev–Trinajstić information content (AvgIpc) is 2.84. The van der Waals surface area contributed by atoms with Gasteiger partial charge in [-0.15, -0.1) is 0 Å². The van der Waals surface area contributed by atoms with Crippen molar-refractivity contribution in [3.8, 4) is 0 Å². The lowest BCUT2D eigenvalue weighted by atomic mass is 10.2. The number of ether oxygens (including phenoxy) is 1. The maximum atomic E-state index is 11.5. The summed E-state index contributed by atoms with van der Waals surface area (Å²) in [7, 11) is 0. The van der Waals surface area contributed by atoms with E-state index in [1.165, 1.54) is 5.56 Å². The first kappa shape index (κ1) is 10.7. The van der Waals surface area contributed by atoms with Gasteiger partial charge >= 0.3 is 5.97 Å². The molecule has 2 heteroatoms. The Morgan fingerprint density at radius 2 is 2.06 bits per heavy atom. The number of carbonyl (C=O) groups is 1. The lowest BCUT2D eigenvalue weighted by molar-refractivity contribution is -0.138. The van der Waals surface area contributed by atoms with Crippen molar-refractivity contribution < 1.29 is 9.53 Å². The van der Waals surface area contributed by atoms with E-state index in [0.29, 0.717) is 13.0 Å². The van der Waals surface area contributed by atoms with E-state index in [2.05, 4.69) is 0 Å². The number of allylic oxidation sites excluding steroid dienone is 3. The number of benzene rings is 1. The summed E-state index contributed by atoms with van der Waals surface area (Å²) >= 11 is 0. The van der Waals surface area contributed by atoms with Gasteiger partial charge in [0.15, 0.2) is 0 Å². The molecule has 1 aliphatic carbocycles. The molecule has 0 spiro atoms. The van der Waals surface area contributed by atoms with Crippen LogP contribution in [0, 0.1) is 0 Å². The van der Waals surface area contributed by atoms with Gasteiger partial charge in [-0.25, -0.2) is 4.79 Å². The summed E-state index contributed by atoms with van der Waals surface area (Å²) in [6, 6.07) is 10.0. The third-order valence-corrected chi connectivity index (χ3v) is 2.50. The standard InChI is InChI=1S/C14H14O2/c15-14(13-8-4-5-9-13)16-11-10-12-6-2-1-3-7-12/h1-8H,9-11H2. The molecular weight excluding hydrogens is 200 g/mol. The van der Waals surface area contributed by atoms with Gasteiger partial charge in [0, 0.05) is 12.0 Å². The van der Waals surface area contributed by atoms with Crippen LogP contribution in [-0.2, 0) is 16.0 Å². The van der Waals surface area contributed by atoms with Gasteiger partial charge in [-0.1, -0.05) is 48.6 Å². The van der Waals surface area contributed by atoms with Crippen molar-refractivity contribution in [1.82, 2.24) is 0 Å². The van der Waals surface area contributed by atoms with Crippen LogP contribution in [0.2, 0.25) is 0 Å². The van der Waals surface area contributed by atoms with Crippen molar-refractivity contribution in [3.63, 3.8) is 0 Å². The van der Waals surface area contributed by atoms with Crippen molar-refractivity contribution in [2.45, 2.75) is 12.8 Å². The second kappa shape index (κ2) is 5.31. The van der Waals surface area contributed by atoms with Crippen LogP contribution in [0.5, 0.6) is 0 Å². The zero-order chi connectivity index (χ0) is 11.2. The first-order valence-corrected chi connectivity index (χ1v) is 5.43. The van der Waals surface area contributed by atoms with Gasteiger partial charge in [0.1, 0.15) is 0 Å². The molecular formula is C14H14O2. The highest BCUT2D eigenvalue weighted by Gasteiger charge is 2.10. The Morgan fingerprint density at radius 3 is 2.75 bits per heavy atom. The molecule has 0 amide bonds. The van der Waals surface area contributed by atoms with Crippen LogP contribution in [0.1, 0.15) is 12.0 Å². The first-order valence-electron chi connectivity index (χ1n) is 5.43. The Hall–Kier alpha value is -1.83. The molecule has 16 heavy (non-hydrogen) atoms. The highest BCUT2D eigenvalue weighted by molar-refractivity contribution is 5.89. The van der Waals surface area contributed by atoms with Crippen molar-refractivity contribution in [2.24, 2.45) is 0 Å². The molecule has 82 valence electrons. The first-order chi connectivity index (χ1) is 7.86. The lowest BCUT2D eigenvalue weighted by Gasteiger charge is -2.05. The number of esters is 1. The maximum absolute atomic E-state index is 11.5. The smallest absolute Gasteiger partial charge is 0.334 e. The third kappa shape index (κ3) is 2.83. The van der Waals surface area contributed by atoms with Crippen molar-refractivity contribution >= 4 is 5.97 Å². The van der Waals surface area contributed by atoms with E-state index in [9.17, 15) is 4.79 Å². The summed E-state index contributed by atoms with van der Waals surface area (Å²) in [5.74, 6) is -0.194. The summed E-state index contributed by atoms with van der Waals surface area (Å²) in [6.07, 6.45) is 7.11. The minimum absolute atomic E-state index is 0.194. The van der Waals surface area contributed by atoms with E-state index >= 15 is 0 Å². The predicted octanol–water partition coefficient (Wildman–Crippen LogP) is 2.66. The third-order valence-electron chi connectivity index (χ3n) is 2.50. The van der Waals surface area contributed by atoms with Crippen LogP contribution < -0.4 is 0 Å². The zero-order valence-electron chi connectivity index (χ0n) is 9.06. The van der Waals surface area contributed by atoms with E-state index in [1.807, 2.05) is 48.6 Å². The van der Waals surface area contributed by atoms with Crippen LogP contribution in [0.15, 0.2) is 54.1 Å². The molecule has 0 fully saturated rings. The monoisotopic (exact) mass is 214 g/mol. The molecule has 1 aromatic rings. The summed E-state index contributed by atoms with van der Waals surface area (Å²) in [5, 5.41) is 0. The van der Waals surface area contributed by atoms with Crippen molar-refractivity contribution in [2.75, 3.05) is 6.61 Å². The number of hydrogen-bond acceptors (Lipinski definition) is 2. The van der Waals surface area contributed by atoms with Crippen molar-refractivity contribution in [3.05, 3.63) is 59.7 Å². The zero-order valence-corrected chi connectivity index (χ0v) is 9.06. The number of hydrogen-bond donors (Lipinski definition) is 0. The summed E-state index contributed by atoms with van der Waals surface area (Å²) in [5.41, 5.74) is 1.93. The second-order valence-corrected chi connectivity index (χ2v) is 3.70. The molecule has 0 heterocycles. The van der Waals surface area contributed by atoms with Crippen molar-refractivity contribution in [1.29, 1.82) is 0 Å². The van der Waals surface area contributed by atoms with E-state index in [0.717, 1.165) is 12.0 Å². The molecule has 1 aliphatic rings. The van der Waals surface area contributed by atoms with Gasteiger partial charge in [0.05, 0.1) is 6.61 Å². The quantitative estimate of drug-likeness (QED) is 0.720. The summed E-state index contributed by atoms with van der Waals surface area (Å²) < 4.78 is 5.18. The summed E-state index contributed by atoms with van der Waals surface area (Å²) in [4.78, 5) is 11.5. The fraction of sp³-hybridized carbons (Fsp3) is 0.214. The van der Waals surface area contributed by atoms with Gasteiger partial charge in [0.25, 0.3) is 0 Å². The average molecular weight is 214 g/mol. The summed E-state index contributed by atoms with van der Waals surface area (Å²) in [6.45, 7) is 0.445. The molecule has 0 bridgehead atoms. The topological polar surface area (TPSA) is 26.3 Å². The molecule has 0 atom stereocenters. The Bertz CT molecular complexity index is 416. The number of carbonyl (C=O) groups excluding carboxylic acids is 1. The normalized spacial score (nSPS) is 13.6. The van der Waals surface area contributed by atoms with E-state index in [4.69, 9.17) is 4.74 Å². The molecule has 2 nitrogen and oxygen atoms in total. The SMILES string of the molecule is O=C(OCCc1ccccc1)C1=CC=CC1. The van der Waals surface area contributed by atoms with Gasteiger partial charge in [-0.05, 0) is 12.0 Å². The van der Waals surface area contributed by atoms with E-state index in [-0.39, 0.29) is 5.97 Å². The van der Waals surface area contributed by atoms with Gasteiger partial charge in [-0.3, -0.25) is 0 Å². The van der Waals surface area contributed by atoms with Crippen LogP contribution >= 0.6 is 0 Å². The Labute approximate surface area is 95.2 Å². The lowest BCUT2D eigenvalue weighted by Crippen LogP contribution is -2.09. The molecule has 0 N–H and O–H groups in total. The minimum Gasteiger partial charge on any atom is -0.462 e. The van der Waals surface area contributed by atoms with Crippen LogP contribution in [0.4, 0.5) is 0 Å². The predicted molar refractivity (Wildman–Crippen MR) is 62.9 cm³/mol. The Kier molecular flexibility index (Phi) is 3.54. The fourth-order valence-electron chi connectivity index (χ4n) is 1.60. The maximum Gasteiger partial charge on any atom is 0.334 e. The van der Waals surface area contributed by atoms with Crippen LogP contribution in [-0.4, -0.2) is 12.6 Å². The molecule has 2 rings (SSSR count). The Balaban J connectivity index is 1.74. The Morgan fingerprint density at radius 1 is 1.25 bits per heavy atom. The van der Waals surface area contributed by atoms with Crippen LogP contribution in [0.3, 0.4) is 0 Å². The van der Waals surface area contributed by atoms with Gasteiger partial charge < -0.3 is 4.74 Å². The highest BCUT2D eigenvalue weighted by atomic mass is 16.5. The van der Waals surface area contributed by atoms with E-state index < -0.39 is 0 Å². The fourth-order valence-corrected chi connectivity index (χ4v) is 1.60. The van der Waals surface area contributed by atoms with E-state index in [1.54, 1.807) is 0 Å². The van der Waals surface area contributed by atoms with Gasteiger partial charge in [0.2, 0.25) is 0 Å². The molecule has 1 aromatic carbocycles. The molecule has 0 saturated heterocycles. The molecule has 0 aromatic heterocycles. The number of rotatable bonds is 4. The largest absolute Gasteiger partial charge is 0.462 e. The molecule has 0 saturated carbocycles. The molecule has 0 aliphatic heterocycles.